The number of rotatable bonds is 3. The highest BCUT2D eigenvalue weighted by Gasteiger charge is 2.25. The zero-order valence-corrected chi connectivity index (χ0v) is 14.6. The van der Waals surface area contributed by atoms with Crippen molar-refractivity contribution in [2.45, 2.75) is 38.1 Å². The molecule has 1 aromatic carbocycles. The van der Waals surface area contributed by atoms with Crippen LogP contribution < -0.4 is 19.7 Å². The molecule has 1 aliphatic carbocycles. The van der Waals surface area contributed by atoms with Crippen molar-refractivity contribution in [2.75, 3.05) is 29.0 Å². The van der Waals surface area contributed by atoms with Crippen molar-refractivity contribution in [2.24, 2.45) is 0 Å². The van der Waals surface area contributed by atoms with E-state index in [1.54, 1.807) is 18.2 Å². The van der Waals surface area contributed by atoms with Crippen LogP contribution in [0.5, 0.6) is 5.75 Å². The zero-order chi connectivity index (χ0) is 17.2. The number of benzene rings is 1. The number of carbonyl (C=O) groups is 1. The van der Waals surface area contributed by atoms with Crippen molar-refractivity contribution in [3.05, 3.63) is 18.2 Å². The van der Waals surface area contributed by atoms with Gasteiger partial charge < -0.3 is 15.4 Å². The molecule has 1 aromatic rings. The molecule has 2 N–H and O–H groups in total. The van der Waals surface area contributed by atoms with E-state index in [0.29, 0.717) is 23.7 Å². The molecule has 1 saturated carbocycles. The maximum absolute atomic E-state index is 12.1. The molecule has 0 spiro atoms. The molecular formula is C16H23N3O4S. The van der Waals surface area contributed by atoms with Crippen LogP contribution in [0.4, 0.5) is 16.2 Å². The molecule has 8 heteroatoms. The number of urea groups is 1. The van der Waals surface area contributed by atoms with Gasteiger partial charge in [0.25, 0.3) is 0 Å². The zero-order valence-electron chi connectivity index (χ0n) is 13.7. The second-order valence-electron chi connectivity index (χ2n) is 6.30. The molecule has 0 atom stereocenters. The predicted octanol–water partition coefficient (Wildman–Crippen LogP) is 2.30. The Hall–Kier alpha value is -1.96. The topological polar surface area (TPSA) is 87.7 Å². The summed E-state index contributed by atoms with van der Waals surface area (Å²) in [5, 5.41) is 5.76. The van der Waals surface area contributed by atoms with E-state index in [2.05, 4.69) is 10.6 Å². The van der Waals surface area contributed by atoms with Crippen LogP contribution in [0.15, 0.2) is 18.2 Å². The molecule has 1 heterocycles. The van der Waals surface area contributed by atoms with E-state index < -0.39 is 10.0 Å². The molecular weight excluding hydrogens is 330 g/mol. The maximum atomic E-state index is 12.1. The fourth-order valence-electron chi connectivity index (χ4n) is 3.22. The van der Waals surface area contributed by atoms with E-state index in [4.69, 9.17) is 4.74 Å². The Morgan fingerprint density at radius 2 is 2.00 bits per heavy atom. The summed E-state index contributed by atoms with van der Waals surface area (Å²) < 4.78 is 30.6. The van der Waals surface area contributed by atoms with Crippen molar-refractivity contribution < 1.29 is 17.9 Å². The first-order chi connectivity index (χ1) is 11.4. The van der Waals surface area contributed by atoms with Crippen LogP contribution in [0, 0.1) is 0 Å². The number of amides is 2. The van der Waals surface area contributed by atoms with Gasteiger partial charge in [0.1, 0.15) is 12.4 Å². The van der Waals surface area contributed by atoms with Crippen LogP contribution in [-0.2, 0) is 10.0 Å². The summed E-state index contributed by atoms with van der Waals surface area (Å²) in [6, 6.07) is 4.99. The third-order valence-corrected chi connectivity index (χ3v) is 5.56. The summed E-state index contributed by atoms with van der Waals surface area (Å²) in [5.41, 5.74) is 1.00. The molecule has 1 aliphatic heterocycles. The van der Waals surface area contributed by atoms with Gasteiger partial charge in [-0.2, -0.15) is 0 Å². The van der Waals surface area contributed by atoms with Crippen LogP contribution in [0.3, 0.4) is 0 Å². The predicted molar refractivity (Wildman–Crippen MR) is 93.2 cm³/mol. The molecule has 2 aliphatic rings. The number of hydrogen-bond acceptors (Lipinski definition) is 4. The molecule has 0 bridgehead atoms. The standard InChI is InChI=1S/C16H23N3O4S/c1-24(21,22)19-9-10-23-15-8-7-13(11-14(15)19)18-16(20)17-12-5-3-2-4-6-12/h7-8,11-12H,2-6,9-10H2,1H3,(H2,17,18,20). The van der Waals surface area contributed by atoms with Gasteiger partial charge in [-0.25, -0.2) is 13.2 Å². The Morgan fingerprint density at radius 1 is 1.25 bits per heavy atom. The summed E-state index contributed by atoms with van der Waals surface area (Å²) in [6.07, 6.45) is 6.69. The number of hydrogen-bond donors (Lipinski definition) is 2. The van der Waals surface area contributed by atoms with Gasteiger partial charge in [-0.15, -0.1) is 0 Å². The number of ether oxygens (including phenoxy) is 1. The summed E-state index contributed by atoms with van der Waals surface area (Å²) in [5.74, 6) is 0.505. The lowest BCUT2D eigenvalue weighted by atomic mass is 9.96. The number of anilines is 2. The van der Waals surface area contributed by atoms with E-state index in [0.717, 1.165) is 31.9 Å². The van der Waals surface area contributed by atoms with Gasteiger partial charge in [0.05, 0.1) is 18.5 Å². The molecule has 0 radical (unpaired) electrons. The molecule has 7 nitrogen and oxygen atoms in total. The highest BCUT2D eigenvalue weighted by molar-refractivity contribution is 7.92. The van der Waals surface area contributed by atoms with Gasteiger partial charge in [0, 0.05) is 11.7 Å². The quantitative estimate of drug-likeness (QED) is 0.873. The largest absolute Gasteiger partial charge is 0.489 e. The molecule has 0 aromatic heterocycles. The van der Waals surface area contributed by atoms with Crippen molar-refractivity contribution in [1.29, 1.82) is 0 Å². The number of nitrogens with zero attached hydrogens (tertiary/aromatic N) is 1. The Kier molecular flexibility index (Phi) is 4.84. The van der Waals surface area contributed by atoms with Gasteiger partial charge in [-0.05, 0) is 31.0 Å². The van der Waals surface area contributed by atoms with Gasteiger partial charge in [-0.3, -0.25) is 4.31 Å². The molecule has 1 fully saturated rings. The van der Waals surface area contributed by atoms with Crippen LogP contribution in [0.25, 0.3) is 0 Å². The van der Waals surface area contributed by atoms with Crippen LogP contribution >= 0.6 is 0 Å². The number of carbonyl (C=O) groups excluding carboxylic acids is 1. The molecule has 3 rings (SSSR count). The molecule has 0 saturated heterocycles. The lowest BCUT2D eigenvalue weighted by Gasteiger charge is -2.29. The first-order valence-corrected chi connectivity index (χ1v) is 10.1. The SMILES string of the molecule is CS(=O)(=O)N1CCOc2ccc(NC(=O)NC3CCCCC3)cc21. The minimum atomic E-state index is -3.38. The van der Waals surface area contributed by atoms with Crippen LogP contribution in [0.2, 0.25) is 0 Å². The Bertz CT molecular complexity index is 714. The van der Waals surface area contributed by atoms with Crippen LogP contribution in [-0.4, -0.2) is 39.9 Å². The number of sulfonamides is 1. The third-order valence-electron chi connectivity index (χ3n) is 4.38. The van der Waals surface area contributed by atoms with Gasteiger partial charge in [0.15, 0.2) is 0 Å². The number of fused-ring (bicyclic) bond motifs is 1. The van der Waals surface area contributed by atoms with Crippen molar-refractivity contribution in [1.82, 2.24) is 5.32 Å². The first kappa shape index (κ1) is 16.9. The lowest BCUT2D eigenvalue weighted by molar-refractivity contribution is 0.244. The van der Waals surface area contributed by atoms with Crippen molar-refractivity contribution >= 4 is 27.4 Å². The minimum Gasteiger partial charge on any atom is -0.489 e. The number of nitrogens with one attached hydrogen (secondary N) is 2. The van der Waals surface area contributed by atoms with E-state index in [1.165, 1.54) is 10.7 Å². The second kappa shape index (κ2) is 6.88. The maximum Gasteiger partial charge on any atom is 0.319 e. The van der Waals surface area contributed by atoms with Crippen molar-refractivity contribution in [3.63, 3.8) is 0 Å². The van der Waals surface area contributed by atoms with E-state index in [1.807, 2.05) is 0 Å². The fourth-order valence-corrected chi connectivity index (χ4v) is 4.12. The average Bonchev–Trinajstić information content (AvgIpc) is 2.54. The van der Waals surface area contributed by atoms with E-state index >= 15 is 0 Å². The smallest absolute Gasteiger partial charge is 0.319 e. The summed E-state index contributed by atoms with van der Waals surface area (Å²) in [4.78, 5) is 12.1. The highest BCUT2D eigenvalue weighted by Crippen LogP contribution is 2.35. The second-order valence-corrected chi connectivity index (χ2v) is 8.21. The van der Waals surface area contributed by atoms with Gasteiger partial charge in [-0.1, -0.05) is 19.3 Å². The lowest BCUT2D eigenvalue weighted by Crippen LogP contribution is -2.39. The molecule has 0 unspecified atom stereocenters. The Labute approximate surface area is 142 Å². The summed E-state index contributed by atoms with van der Waals surface area (Å²) in [7, 11) is -3.38. The Balaban J connectivity index is 1.72. The van der Waals surface area contributed by atoms with E-state index in [-0.39, 0.29) is 18.6 Å². The van der Waals surface area contributed by atoms with Crippen molar-refractivity contribution in [3.8, 4) is 5.75 Å². The highest BCUT2D eigenvalue weighted by atomic mass is 32.2. The average molecular weight is 353 g/mol. The molecule has 132 valence electrons. The Morgan fingerprint density at radius 3 is 2.71 bits per heavy atom. The third kappa shape index (κ3) is 3.92. The van der Waals surface area contributed by atoms with Gasteiger partial charge in [0.2, 0.25) is 10.0 Å². The molecule has 24 heavy (non-hydrogen) atoms. The normalized spacial score (nSPS) is 18.5. The van der Waals surface area contributed by atoms with E-state index in [9.17, 15) is 13.2 Å². The van der Waals surface area contributed by atoms with Gasteiger partial charge >= 0.3 is 6.03 Å². The summed E-state index contributed by atoms with van der Waals surface area (Å²) in [6.45, 7) is 0.582. The summed E-state index contributed by atoms with van der Waals surface area (Å²) >= 11 is 0. The fraction of sp³-hybridized carbons (Fsp3) is 0.562. The first-order valence-electron chi connectivity index (χ1n) is 8.25. The van der Waals surface area contributed by atoms with Crippen LogP contribution in [0.1, 0.15) is 32.1 Å². The monoisotopic (exact) mass is 353 g/mol. The minimum absolute atomic E-state index is 0.215. The molecule has 2 amide bonds.